The Morgan fingerprint density at radius 3 is 2.22 bits per heavy atom. The number of rotatable bonds is 13. The molecule has 6 amide bonds. The molecule has 3 saturated heterocycles. The molecule has 0 radical (unpaired) electrons. The minimum Gasteiger partial charge on any atom is -0.457 e. The van der Waals surface area contributed by atoms with Crippen molar-refractivity contribution in [1.29, 1.82) is 0 Å². The number of nitrogens with zero attached hydrogens (tertiary/aromatic N) is 7. The smallest absolute Gasteiger partial charge is 0.328 e. The lowest BCUT2D eigenvalue weighted by Gasteiger charge is -2.38. The number of nitrogens with one attached hydrogen (secondary N) is 2. The Morgan fingerprint density at radius 2 is 1.52 bits per heavy atom. The molecule has 1 aromatic heterocycles. The number of carbonyl (C=O) groups is 5. The van der Waals surface area contributed by atoms with Crippen molar-refractivity contribution in [3.63, 3.8) is 0 Å². The summed E-state index contributed by atoms with van der Waals surface area (Å²) in [6.07, 6.45) is 3.08. The van der Waals surface area contributed by atoms with Crippen molar-refractivity contribution in [3.8, 4) is 22.8 Å². The van der Waals surface area contributed by atoms with E-state index >= 15 is 0 Å². The van der Waals surface area contributed by atoms with E-state index in [1.54, 1.807) is 4.90 Å². The monoisotopic (exact) mass is 910 g/mol. The summed E-state index contributed by atoms with van der Waals surface area (Å²) in [4.78, 5) is 73.0. The third kappa shape index (κ3) is 9.96. The predicted octanol–water partition coefficient (Wildman–Crippen LogP) is 6.11. The van der Waals surface area contributed by atoms with Crippen molar-refractivity contribution in [2.24, 2.45) is 11.7 Å². The third-order valence-corrected chi connectivity index (χ3v) is 13.3. The Morgan fingerprint density at radius 1 is 0.821 bits per heavy atom. The third-order valence-electron chi connectivity index (χ3n) is 13.3. The lowest BCUT2D eigenvalue weighted by molar-refractivity contribution is -0.133. The molecule has 5 heterocycles. The van der Waals surface area contributed by atoms with Crippen LogP contribution in [0.5, 0.6) is 11.5 Å². The van der Waals surface area contributed by atoms with Gasteiger partial charge < -0.3 is 35.4 Å². The fourth-order valence-electron chi connectivity index (χ4n) is 9.66. The van der Waals surface area contributed by atoms with Crippen molar-refractivity contribution in [1.82, 2.24) is 29.8 Å². The zero-order valence-corrected chi connectivity index (χ0v) is 37.5. The van der Waals surface area contributed by atoms with Crippen molar-refractivity contribution in [2.75, 3.05) is 81.1 Å². The van der Waals surface area contributed by atoms with Crippen LogP contribution in [0.2, 0.25) is 0 Å². The zero-order valence-electron chi connectivity index (χ0n) is 37.5. The number of piperidine rings is 1. The average molecular weight is 911 g/mol. The Bertz CT molecular complexity index is 2630. The molecule has 17 heteroatoms. The van der Waals surface area contributed by atoms with Gasteiger partial charge in [0.05, 0.1) is 11.6 Å². The van der Waals surface area contributed by atoms with Crippen molar-refractivity contribution >= 4 is 46.9 Å². The quantitative estimate of drug-likeness (QED) is 0.125. The van der Waals surface area contributed by atoms with Crippen LogP contribution in [0.1, 0.15) is 64.4 Å². The number of amides is 6. The Kier molecular flexibility index (Phi) is 13.2. The second-order valence-electron chi connectivity index (χ2n) is 17.7. The number of halogens is 1. The van der Waals surface area contributed by atoms with Gasteiger partial charge in [-0.2, -0.15) is 5.10 Å². The molecule has 67 heavy (non-hydrogen) atoms. The summed E-state index contributed by atoms with van der Waals surface area (Å²) in [6.45, 7) is 5.45. The minimum atomic E-state index is -0.662. The largest absolute Gasteiger partial charge is 0.457 e. The van der Waals surface area contributed by atoms with E-state index in [0.29, 0.717) is 93.8 Å². The molecule has 1 atom stereocenters. The molecule has 16 nitrogen and oxygen atoms in total. The van der Waals surface area contributed by atoms with E-state index in [1.807, 2.05) is 71.2 Å². The lowest BCUT2D eigenvalue weighted by Crippen LogP contribution is -2.50. The van der Waals surface area contributed by atoms with Gasteiger partial charge in [-0.1, -0.05) is 30.3 Å². The molecule has 4 aliphatic rings. The highest BCUT2D eigenvalue weighted by Crippen LogP contribution is 2.40. The standard InChI is InChI=1S/C50H55FN10O6/c1-56(32-33-7-11-36(12-8-33)57-27-29-59(30-28-57)49(65)40-31-37(13-16-41(40)51)60-26-20-43(62)54-50(60)66)23-21-44(63)58-24-18-34(19-25-58)42-17-22-53-48-45(47(52)64)46(55-61(42)48)35-9-14-39(15-10-35)67-38-5-3-2-4-6-38/h2-16,31,34,42,53H,17-30,32H2,1H3,(H2,52,64)(H,54,62,66)/t42-/m0/s1. The van der Waals surface area contributed by atoms with Gasteiger partial charge in [0.2, 0.25) is 11.8 Å². The van der Waals surface area contributed by atoms with Gasteiger partial charge in [0, 0.05) is 95.2 Å². The second-order valence-corrected chi connectivity index (χ2v) is 17.7. The van der Waals surface area contributed by atoms with Crippen molar-refractivity contribution in [3.05, 3.63) is 120 Å². The van der Waals surface area contributed by atoms with Crippen LogP contribution < -0.4 is 30.9 Å². The Balaban J connectivity index is 0.729. The molecular weight excluding hydrogens is 856 g/mol. The van der Waals surface area contributed by atoms with Crippen LogP contribution in [-0.4, -0.2) is 120 Å². The maximum Gasteiger partial charge on any atom is 0.328 e. The molecule has 9 rings (SSSR count). The number of hydrogen-bond donors (Lipinski definition) is 3. The summed E-state index contributed by atoms with van der Waals surface area (Å²) in [6, 6.07) is 28.8. The van der Waals surface area contributed by atoms with E-state index in [0.717, 1.165) is 41.8 Å². The number of piperazine rings is 1. The van der Waals surface area contributed by atoms with Gasteiger partial charge in [-0.3, -0.25) is 29.4 Å². The lowest BCUT2D eigenvalue weighted by atomic mass is 9.86. The van der Waals surface area contributed by atoms with E-state index in [4.69, 9.17) is 15.6 Å². The molecule has 4 N–H and O–H groups in total. The number of nitrogens with two attached hydrogens (primary N) is 1. The highest BCUT2D eigenvalue weighted by molar-refractivity contribution is 6.06. The molecule has 0 spiro atoms. The topological polar surface area (TPSA) is 179 Å². The SMILES string of the molecule is CN(CCC(=O)N1CCC([C@@H]2CCNc3c(C(N)=O)c(-c4ccc(Oc5ccccc5)cc4)nn32)CC1)Cc1ccc(N2CCN(C(=O)c3cc(N4CCC(=O)NC4=O)ccc3F)CC2)cc1. The van der Waals surface area contributed by atoms with E-state index < -0.39 is 23.7 Å². The van der Waals surface area contributed by atoms with Crippen LogP contribution in [0.3, 0.4) is 0 Å². The molecule has 5 aromatic rings. The number of fused-ring (bicyclic) bond motifs is 1. The minimum absolute atomic E-state index is 0.0698. The van der Waals surface area contributed by atoms with Crippen LogP contribution in [0, 0.1) is 11.7 Å². The molecule has 0 bridgehead atoms. The van der Waals surface area contributed by atoms with Crippen LogP contribution in [0.4, 0.5) is 26.4 Å². The number of aromatic nitrogens is 2. The number of carbonyl (C=O) groups excluding carboxylic acids is 5. The maximum atomic E-state index is 14.9. The van der Waals surface area contributed by atoms with Crippen LogP contribution in [-0.2, 0) is 16.1 Å². The first-order chi connectivity index (χ1) is 32.5. The number of benzene rings is 4. The fraction of sp³-hybridized carbons (Fsp3) is 0.360. The van der Waals surface area contributed by atoms with Crippen LogP contribution in [0.25, 0.3) is 11.3 Å². The fourth-order valence-corrected chi connectivity index (χ4v) is 9.66. The van der Waals surface area contributed by atoms with E-state index in [9.17, 15) is 28.4 Å². The normalized spacial score (nSPS) is 17.8. The Hall–Kier alpha value is -7.27. The first-order valence-corrected chi connectivity index (χ1v) is 23.0. The molecule has 4 aromatic carbocycles. The summed E-state index contributed by atoms with van der Waals surface area (Å²) in [7, 11) is 2.02. The maximum absolute atomic E-state index is 14.9. The number of imide groups is 1. The van der Waals surface area contributed by atoms with E-state index in [-0.39, 0.29) is 42.3 Å². The van der Waals surface area contributed by atoms with Gasteiger partial charge in [-0.15, -0.1) is 0 Å². The van der Waals surface area contributed by atoms with E-state index in [2.05, 4.69) is 44.7 Å². The molecular formula is C50H55FN10O6. The van der Waals surface area contributed by atoms with Gasteiger partial charge in [-0.05, 0) is 105 Å². The molecule has 4 aliphatic heterocycles. The van der Waals surface area contributed by atoms with Crippen LogP contribution >= 0.6 is 0 Å². The second kappa shape index (κ2) is 19.7. The highest BCUT2D eigenvalue weighted by Gasteiger charge is 2.36. The number of hydrogen-bond acceptors (Lipinski definition) is 10. The molecule has 3 fully saturated rings. The average Bonchev–Trinajstić information content (AvgIpc) is 3.75. The molecule has 348 valence electrons. The number of ether oxygens (including phenoxy) is 1. The van der Waals surface area contributed by atoms with Crippen LogP contribution in [0.15, 0.2) is 97.1 Å². The summed E-state index contributed by atoms with van der Waals surface area (Å²) in [5.74, 6) is 0.479. The number of likely N-dealkylation sites (tertiary alicyclic amines) is 1. The van der Waals surface area contributed by atoms with Crippen molar-refractivity contribution in [2.45, 2.75) is 44.7 Å². The summed E-state index contributed by atoms with van der Waals surface area (Å²) < 4.78 is 22.8. The van der Waals surface area contributed by atoms with Gasteiger partial charge >= 0.3 is 6.03 Å². The first-order valence-electron chi connectivity index (χ1n) is 23.0. The summed E-state index contributed by atoms with van der Waals surface area (Å²) >= 11 is 0. The van der Waals surface area contributed by atoms with E-state index in [1.165, 1.54) is 23.1 Å². The number of primary amides is 1. The van der Waals surface area contributed by atoms with Gasteiger partial charge in [0.15, 0.2) is 0 Å². The first kappa shape index (κ1) is 44.9. The summed E-state index contributed by atoms with van der Waals surface area (Å²) in [5.41, 5.74) is 10.1. The number of urea groups is 1. The molecule has 0 aliphatic carbocycles. The number of para-hydroxylation sites is 1. The van der Waals surface area contributed by atoms with Gasteiger partial charge in [0.1, 0.15) is 34.4 Å². The Labute approximate surface area is 388 Å². The van der Waals surface area contributed by atoms with Gasteiger partial charge in [0.25, 0.3) is 11.8 Å². The van der Waals surface area contributed by atoms with Crippen molar-refractivity contribution < 1.29 is 33.1 Å². The predicted molar refractivity (Wildman–Crippen MR) is 252 cm³/mol. The number of anilines is 3. The highest BCUT2D eigenvalue weighted by atomic mass is 19.1. The zero-order chi connectivity index (χ0) is 46.6. The molecule has 0 saturated carbocycles. The van der Waals surface area contributed by atoms with Gasteiger partial charge in [-0.25, -0.2) is 13.9 Å². The summed E-state index contributed by atoms with van der Waals surface area (Å²) in [5, 5.41) is 10.6. The molecule has 0 unspecified atom stereocenters.